The molecule has 0 fully saturated rings. The van der Waals surface area contributed by atoms with Gasteiger partial charge in [0.2, 0.25) is 0 Å². The Morgan fingerprint density at radius 2 is 2.62 bits per heavy atom. The lowest BCUT2D eigenvalue weighted by Gasteiger charge is -2.00. The summed E-state index contributed by atoms with van der Waals surface area (Å²) in [6.07, 6.45) is 3.87. The van der Waals surface area contributed by atoms with Gasteiger partial charge in [-0.2, -0.15) is 5.10 Å². The Morgan fingerprint density at radius 1 is 1.85 bits per heavy atom. The van der Waals surface area contributed by atoms with Crippen LogP contribution in [0.5, 0.6) is 0 Å². The van der Waals surface area contributed by atoms with Crippen molar-refractivity contribution in [3.8, 4) is 0 Å². The number of H-pyrrole nitrogens is 1. The van der Waals surface area contributed by atoms with Crippen molar-refractivity contribution in [2.75, 3.05) is 12.3 Å². The Labute approximate surface area is 76.0 Å². The summed E-state index contributed by atoms with van der Waals surface area (Å²) in [7, 11) is 0. The average molecular weight is 180 g/mol. The molecule has 0 radical (unpaired) electrons. The van der Waals surface area contributed by atoms with E-state index in [1.807, 2.05) is 0 Å². The quantitative estimate of drug-likeness (QED) is 0.460. The van der Waals surface area contributed by atoms with E-state index < -0.39 is 0 Å². The molecule has 0 bridgehead atoms. The first-order valence-corrected chi connectivity index (χ1v) is 3.93. The normalized spacial score (nSPS) is 9.54. The number of nitrogen functional groups attached to an aromatic ring is 1. The van der Waals surface area contributed by atoms with Crippen LogP contribution in [0, 0.1) is 0 Å². The minimum atomic E-state index is -0.239. The van der Waals surface area contributed by atoms with Crippen molar-refractivity contribution in [1.29, 1.82) is 0 Å². The number of rotatable bonds is 4. The Hall–Kier alpha value is -1.78. The maximum absolute atomic E-state index is 11.3. The van der Waals surface area contributed by atoms with Gasteiger partial charge in [0.1, 0.15) is 5.69 Å². The van der Waals surface area contributed by atoms with Crippen LogP contribution in [0.3, 0.4) is 0 Å². The fourth-order valence-electron chi connectivity index (χ4n) is 0.853. The smallest absolute Gasteiger partial charge is 0.271 e. The molecule has 1 aromatic rings. The van der Waals surface area contributed by atoms with E-state index >= 15 is 0 Å². The maximum Gasteiger partial charge on any atom is 0.271 e. The Balaban J connectivity index is 2.49. The monoisotopic (exact) mass is 180 g/mol. The molecule has 0 aliphatic heterocycles. The second kappa shape index (κ2) is 4.30. The van der Waals surface area contributed by atoms with E-state index in [1.54, 1.807) is 6.08 Å². The van der Waals surface area contributed by atoms with Gasteiger partial charge in [0.25, 0.3) is 5.91 Å². The number of nitrogens with one attached hydrogen (secondary N) is 2. The van der Waals surface area contributed by atoms with Gasteiger partial charge in [-0.05, 0) is 6.42 Å². The van der Waals surface area contributed by atoms with Crippen LogP contribution in [-0.2, 0) is 0 Å². The van der Waals surface area contributed by atoms with E-state index in [0.717, 1.165) is 6.42 Å². The Kier molecular flexibility index (Phi) is 3.08. The van der Waals surface area contributed by atoms with Gasteiger partial charge in [0, 0.05) is 6.54 Å². The molecule has 0 aliphatic rings. The Bertz CT molecular complexity index is 305. The zero-order chi connectivity index (χ0) is 9.68. The average Bonchev–Trinajstić information content (AvgIpc) is 2.52. The van der Waals surface area contributed by atoms with E-state index in [4.69, 9.17) is 5.73 Å². The first-order chi connectivity index (χ1) is 6.25. The fraction of sp³-hybridized carbons (Fsp3) is 0.250. The van der Waals surface area contributed by atoms with Crippen LogP contribution in [0.2, 0.25) is 0 Å². The minimum absolute atomic E-state index is 0.239. The summed E-state index contributed by atoms with van der Waals surface area (Å²) in [5.74, 6) is -0.239. The summed E-state index contributed by atoms with van der Waals surface area (Å²) in [4.78, 5) is 11.3. The van der Waals surface area contributed by atoms with Gasteiger partial charge < -0.3 is 11.1 Å². The van der Waals surface area contributed by atoms with E-state index in [-0.39, 0.29) is 5.91 Å². The first-order valence-electron chi connectivity index (χ1n) is 3.93. The number of aromatic amines is 1. The number of carbonyl (C=O) groups excluding carboxylic acids is 1. The van der Waals surface area contributed by atoms with Crippen LogP contribution in [0.4, 0.5) is 5.69 Å². The lowest BCUT2D eigenvalue weighted by molar-refractivity contribution is 0.0950. The molecular formula is C8H12N4O. The molecule has 0 aliphatic carbocycles. The highest BCUT2D eigenvalue weighted by molar-refractivity contribution is 5.96. The van der Waals surface area contributed by atoms with E-state index in [9.17, 15) is 4.79 Å². The standard InChI is InChI=1S/C8H12N4O/c1-2-3-4-10-8(13)7-6(9)5-11-12-7/h2,5H,1,3-4,9H2,(H,10,13)(H,11,12). The number of anilines is 1. The third kappa shape index (κ3) is 2.33. The van der Waals surface area contributed by atoms with E-state index in [2.05, 4.69) is 22.1 Å². The third-order valence-electron chi connectivity index (χ3n) is 1.53. The van der Waals surface area contributed by atoms with Gasteiger partial charge in [0.05, 0.1) is 11.9 Å². The predicted octanol–water partition coefficient (Wildman–Crippen LogP) is 0.298. The Morgan fingerprint density at radius 3 is 3.15 bits per heavy atom. The van der Waals surface area contributed by atoms with Crippen molar-refractivity contribution >= 4 is 11.6 Å². The van der Waals surface area contributed by atoms with Crippen molar-refractivity contribution in [2.45, 2.75) is 6.42 Å². The van der Waals surface area contributed by atoms with Gasteiger partial charge in [-0.15, -0.1) is 6.58 Å². The molecule has 0 saturated heterocycles. The highest BCUT2D eigenvalue weighted by Gasteiger charge is 2.09. The summed E-state index contributed by atoms with van der Waals surface area (Å²) < 4.78 is 0. The molecule has 0 spiro atoms. The summed E-state index contributed by atoms with van der Waals surface area (Å²) in [5, 5.41) is 8.82. The van der Waals surface area contributed by atoms with E-state index in [1.165, 1.54) is 6.20 Å². The molecule has 13 heavy (non-hydrogen) atoms. The number of aromatic nitrogens is 2. The minimum Gasteiger partial charge on any atom is -0.396 e. The van der Waals surface area contributed by atoms with Crippen molar-refractivity contribution in [3.63, 3.8) is 0 Å². The van der Waals surface area contributed by atoms with Crippen molar-refractivity contribution < 1.29 is 4.79 Å². The lowest BCUT2D eigenvalue weighted by Crippen LogP contribution is -2.25. The molecule has 0 saturated carbocycles. The summed E-state index contributed by atoms with van der Waals surface area (Å²) >= 11 is 0. The molecule has 1 amide bonds. The van der Waals surface area contributed by atoms with Gasteiger partial charge >= 0.3 is 0 Å². The molecule has 4 N–H and O–H groups in total. The molecular weight excluding hydrogens is 168 g/mol. The molecule has 5 heteroatoms. The molecule has 70 valence electrons. The van der Waals surface area contributed by atoms with Gasteiger partial charge in [-0.25, -0.2) is 0 Å². The molecule has 0 atom stereocenters. The number of amides is 1. The molecule has 1 aromatic heterocycles. The molecule has 1 rings (SSSR count). The van der Waals surface area contributed by atoms with Gasteiger partial charge in [-0.1, -0.05) is 6.08 Å². The first kappa shape index (κ1) is 9.31. The van der Waals surface area contributed by atoms with Crippen LogP contribution >= 0.6 is 0 Å². The lowest BCUT2D eigenvalue weighted by atomic mass is 10.3. The second-order valence-corrected chi connectivity index (χ2v) is 2.53. The number of hydrogen-bond acceptors (Lipinski definition) is 3. The number of nitrogens with two attached hydrogens (primary N) is 1. The van der Waals surface area contributed by atoms with Gasteiger partial charge in [-0.3, -0.25) is 9.89 Å². The van der Waals surface area contributed by atoms with Crippen molar-refractivity contribution in [2.24, 2.45) is 0 Å². The second-order valence-electron chi connectivity index (χ2n) is 2.53. The largest absolute Gasteiger partial charge is 0.396 e. The van der Waals surface area contributed by atoms with Crippen molar-refractivity contribution in [3.05, 3.63) is 24.5 Å². The third-order valence-corrected chi connectivity index (χ3v) is 1.53. The summed E-state index contributed by atoms with van der Waals surface area (Å²) in [6, 6.07) is 0. The zero-order valence-electron chi connectivity index (χ0n) is 7.21. The van der Waals surface area contributed by atoms with Crippen LogP contribution in [0.15, 0.2) is 18.9 Å². The number of nitrogens with zero attached hydrogens (tertiary/aromatic N) is 1. The SMILES string of the molecule is C=CCCNC(=O)c1[nH]ncc1N. The van der Waals surface area contributed by atoms with Crippen molar-refractivity contribution in [1.82, 2.24) is 15.5 Å². The fourth-order valence-corrected chi connectivity index (χ4v) is 0.853. The highest BCUT2D eigenvalue weighted by Crippen LogP contribution is 2.04. The highest BCUT2D eigenvalue weighted by atomic mass is 16.1. The maximum atomic E-state index is 11.3. The van der Waals surface area contributed by atoms with Crippen LogP contribution in [0.25, 0.3) is 0 Å². The summed E-state index contributed by atoms with van der Waals surface area (Å²) in [5.41, 5.74) is 6.14. The zero-order valence-corrected chi connectivity index (χ0v) is 7.21. The number of carbonyl (C=O) groups is 1. The van der Waals surface area contributed by atoms with Crippen LogP contribution < -0.4 is 11.1 Å². The topological polar surface area (TPSA) is 83.8 Å². The molecule has 5 nitrogen and oxygen atoms in total. The summed E-state index contributed by atoms with van der Waals surface area (Å²) in [6.45, 7) is 4.10. The van der Waals surface area contributed by atoms with Gasteiger partial charge in [0.15, 0.2) is 0 Å². The molecule has 0 aromatic carbocycles. The molecule has 1 heterocycles. The molecule has 0 unspecified atom stereocenters. The van der Waals surface area contributed by atoms with Crippen LogP contribution in [0.1, 0.15) is 16.9 Å². The van der Waals surface area contributed by atoms with E-state index in [0.29, 0.717) is 17.9 Å². The predicted molar refractivity (Wildman–Crippen MR) is 50.1 cm³/mol. The number of hydrogen-bond donors (Lipinski definition) is 3. The van der Waals surface area contributed by atoms with Crippen LogP contribution in [-0.4, -0.2) is 22.6 Å².